The van der Waals surface area contributed by atoms with Crippen LogP contribution in [0.2, 0.25) is 0 Å². The summed E-state index contributed by atoms with van der Waals surface area (Å²) in [6.45, 7) is 2.29. The molecule has 2 N–H and O–H groups in total. The Balaban J connectivity index is 1.89. The highest BCUT2D eigenvalue weighted by Gasteiger charge is 2.27. The maximum atomic E-state index is 12.4. The van der Waals surface area contributed by atoms with Crippen LogP contribution >= 0.6 is 0 Å². The van der Waals surface area contributed by atoms with Gasteiger partial charge in [-0.1, -0.05) is 37.3 Å². The lowest BCUT2D eigenvalue weighted by Crippen LogP contribution is -2.48. The molecule has 1 saturated carbocycles. The predicted molar refractivity (Wildman–Crippen MR) is 82.3 cm³/mol. The largest absolute Gasteiger partial charge is 0.341 e. The van der Waals surface area contributed by atoms with Crippen molar-refractivity contribution in [1.82, 2.24) is 4.90 Å². The van der Waals surface area contributed by atoms with Gasteiger partial charge in [0.2, 0.25) is 5.91 Å². The molecule has 2 rings (SSSR count). The van der Waals surface area contributed by atoms with Crippen LogP contribution in [0.15, 0.2) is 30.3 Å². The molecule has 1 amide bonds. The summed E-state index contributed by atoms with van der Waals surface area (Å²) in [7, 11) is 1.91. The van der Waals surface area contributed by atoms with E-state index in [1.165, 1.54) is 12.8 Å². The van der Waals surface area contributed by atoms with Crippen molar-refractivity contribution in [3.05, 3.63) is 35.9 Å². The van der Waals surface area contributed by atoms with Crippen molar-refractivity contribution < 1.29 is 4.79 Å². The first kappa shape index (κ1) is 15.0. The number of rotatable bonds is 4. The molecule has 1 fully saturated rings. The molecule has 1 aromatic carbocycles. The molecule has 110 valence electrons. The van der Waals surface area contributed by atoms with Crippen LogP contribution in [0.25, 0.3) is 0 Å². The summed E-state index contributed by atoms with van der Waals surface area (Å²) < 4.78 is 0. The molecule has 1 aliphatic rings. The quantitative estimate of drug-likeness (QED) is 0.917. The molecule has 20 heavy (non-hydrogen) atoms. The lowest BCUT2D eigenvalue weighted by Gasteiger charge is -2.35. The summed E-state index contributed by atoms with van der Waals surface area (Å²) in [4.78, 5) is 14.3. The molecule has 0 bridgehead atoms. The van der Waals surface area contributed by atoms with Crippen LogP contribution in [-0.4, -0.2) is 29.9 Å². The fourth-order valence-corrected chi connectivity index (χ4v) is 3.03. The minimum absolute atomic E-state index is 0.0772. The van der Waals surface area contributed by atoms with Gasteiger partial charge in [0.1, 0.15) is 0 Å². The summed E-state index contributed by atoms with van der Waals surface area (Å²) >= 11 is 0. The van der Waals surface area contributed by atoms with Crippen LogP contribution in [-0.2, 0) is 11.2 Å². The van der Waals surface area contributed by atoms with Crippen molar-refractivity contribution in [2.45, 2.75) is 51.1 Å². The minimum Gasteiger partial charge on any atom is -0.341 e. The number of carbonyl (C=O) groups excluding carboxylic acids is 1. The van der Waals surface area contributed by atoms with Gasteiger partial charge in [-0.05, 0) is 43.6 Å². The fourth-order valence-electron chi connectivity index (χ4n) is 3.03. The van der Waals surface area contributed by atoms with E-state index >= 15 is 0 Å². The topological polar surface area (TPSA) is 46.3 Å². The van der Waals surface area contributed by atoms with Gasteiger partial charge in [0.25, 0.3) is 0 Å². The lowest BCUT2D eigenvalue weighted by molar-refractivity contribution is -0.134. The van der Waals surface area contributed by atoms with E-state index in [9.17, 15) is 4.79 Å². The molecule has 0 saturated heterocycles. The summed E-state index contributed by atoms with van der Waals surface area (Å²) in [5.41, 5.74) is 7.22. The zero-order valence-corrected chi connectivity index (χ0v) is 12.6. The summed E-state index contributed by atoms with van der Waals surface area (Å²) in [6, 6.07) is 9.94. The van der Waals surface area contributed by atoms with Gasteiger partial charge >= 0.3 is 0 Å². The fraction of sp³-hybridized carbons (Fsp3) is 0.588. The van der Waals surface area contributed by atoms with E-state index in [1.807, 2.05) is 42.3 Å². The Hall–Kier alpha value is -1.35. The van der Waals surface area contributed by atoms with Crippen molar-refractivity contribution in [3.63, 3.8) is 0 Å². The normalized spacial score (nSPS) is 24.1. The summed E-state index contributed by atoms with van der Waals surface area (Å²) in [5.74, 6) is 0.876. The van der Waals surface area contributed by atoms with Crippen LogP contribution in [0, 0.1) is 5.92 Å². The third-order valence-corrected chi connectivity index (χ3v) is 4.50. The third kappa shape index (κ3) is 3.83. The number of hydrogen-bond donors (Lipinski definition) is 1. The van der Waals surface area contributed by atoms with Gasteiger partial charge in [-0.3, -0.25) is 4.79 Å². The molecule has 0 aliphatic heterocycles. The number of carbonyl (C=O) groups is 1. The Labute approximate surface area is 122 Å². The van der Waals surface area contributed by atoms with Gasteiger partial charge in [-0.15, -0.1) is 0 Å². The number of nitrogens with two attached hydrogens (primary N) is 1. The van der Waals surface area contributed by atoms with Crippen molar-refractivity contribution in [2.75, 3.05) is 7.05 Å². The molecule has 1 aliphatic carbocycles. The molecular weight excluding hydrogens is 248 g/mol. The van der Waals surface area contributed by atoms with Crippen LogP contribution in [0.1, 0.15) is 38.2 Å². The van der Waals surface area contributed by atoms with E-state index in [0.29, 0.717) is 12.5 Å². The molecule has 0 aromatic heterocycles. The second-order valence-electron chi connectivity index (χ2n) is 6.16. The van der Waals surface area contributed by atoms with Crippen LogP contribution in [0.3, 0.4) is 0 Å². The van der Waals surface area contributed by atoms with Crippen LogP contribution in [0.4, 0.5) is 0 Å². The predicted octanol–water partition coefficient (Wildman–Crippen LogP) is 2.59. The maximum Gasteiger partial charge on any atom is 0.239 e. The first-order chi connectivity index (χ1) is 9.58. The van der Waals surface area contributed by atoms with Crippen molar-refractivity contribution in [1.29, 1.82) is 0 Å². The van der Waals surface area contributed by atoms with Gasteiger partial charge in [-0.25, -0.2) is 0 Å². The molecule has 0 spiro atoms. The van der Waals surface area contributed by atoms with E-state index < -0.39 is 6.04 Å². The van der Waals surface area contributed by atoms with Gasteiger partial charge in [0.05, 0.1) is 6.04 Å². The van der Waals surface area contributed by atoms with E-state index in [0.717, 1.165) is 24.3 Å². The van der Waals surface area contributed by atoms with Crippen LogP contribution in [0.5, 0.6) is 0 Å². The van der Waals surface area contributed by atoms with Crippen molar-refractivity contribution >= 4 is 5.91 Å². The van der Waals surface area contributed by atoms with Crippen molar-refractivity contribution in [3.8, 4) is 0 Å². The molecule has 0 radical (unpaired) electrons. The monoisotopic (exact) mass is 274 g/mol. The SMILES string of the molecule is CC1CCC(N(C)C(=O)[C@@H](N)Cc2ccccc2)CC1. The second kappa shape index (κ2) is 6.89. The molecule has 1 aromatic rings. The third-order valence-electron chi connectivity index (χ3n) is 4.50. The number of hydrogen-bond acceptors (Lipinski definition) is 2. The average molecular weight is 274 g/mol. The number of benzene rings is 1. The molecular formula is C17H26N2O. The van der Waals surface area contributed by atoms with Gasteiger partial charge in [0, 0.05) is 13.1 Å². The highest BCUT2D eigenvalue weighted by molar-refractivity contribution is 5.82. The highest BCUT2D eigenvalue weighted by atomic mass is 16.2. The number of nitrogens with zero attached hydrogens (tertiary/aromatic N) is 1. The molecule has 3 heteroatoms. The van der Waals surface area contributed by atoms with E-state index in [2.05, 4.69) is 6.92 Å². The van der Waals surface area contributed by atoms with E-state index in [-0.39, 0.29) is 5.91 Å². The summed E-state index contributed by atoms with van der Waals surface area (Å²) in [5, 5.41) is 0. The Morgan fingerprint density at radius 1 is 1.25 bits per heavy atom. The molecule has 0 heterocycles. The van der Waals surface area contributed by atoms with E-state index in [4.69, 9.17) is 5.73 Å². The first-order valence-electron chi connectivity index (χ1n) is 7.64. The Morgan fingerprint density at radius 3 is 2.45 bits per heavy atom. The minimum atomic E-state index is -0.429. The second-order valence-corrected chi connectivity index (χ2v) is 6.16. The van der Waals surface area contributed by atoms with Crippen LogP contribution < -0.4 is 5.73 Å². The van der Waals surface area contributed by atoms with Crippen molar-refractivity contribution in [2.24, 2.45) is 11.7 Å². The average Bonchev–Trinajstić information content (AvgIpc) is 2.47. The zero-order valence-electron chi connectivity index (χ0n) is 12.6. The van der Waals surface area contributed by atoms with Gasteiger partial charge in [-0.2, -0.15) is 0 Å². The molecule has 1 atom stereocenters. The lowest BCUT2D eigenvalue weighted by atomic mass is 9.86. The van der Waals surface area contributed by atoms with E-state index in [1.54, 1.807) is 0 Å². The van der Waals surface area contributed by atoms with Gasteiger partial charge in [0.15, 0.2) is 0 Å². The summed E-state index contributed by atoms with van der Waals surface area (Å²) in [6.07, 6.45) is 5.28. The standard InChI is InChI=1S/C17H26N2O/c1-13-8-10-15(11-9-13)19(2)17(20)16(18)12-14-6-4-3-5-7-14/h3-7,13,15-16H,8-12,18H2,1-2H3/t13?,15?,16-/m0/s1. The molecule has 3 nitrogen and oxygen atoms in total. The molecule has 0 unspecified atom stereocenters. The Kier molecular flexibility index (Phi) is 5.18. The number of likely N-dealkylation sites (N-methyl/N-ethyl adjacent to an activating group) is 1. The Morgan fingerprint density at radius 2 is 1.85 bits per heavy atom. The Bertz CT molecular complexity index is 424. The first-order valence-corrected chi connectivity index (χ1v) is 7.64. The highest BCUT2D eigenvalue weighted by Crippen LogP contribution is 2.26. The van der Waals surface area contributed by atoms with Gasteiger partial charge < -0.3 is 10.6 Å². The maximum absolute atomic E-state index is 12.4. The smallest absolute Gasteiger partial charge is 0.239 e. The number of amides is 1. The zero-order chi connectivity index (χ0) is 14.5.